The van der Waals surface area contributed by atoms with Crippen molar-refractivity contribution >= 4 is 63.0 Å². The summed E-state index contributed by atoms with van der Waals surface area (Å²) >= 11 is 3.51. The minimum absolute atomic E-state index is 0.503. The van der Waals surface area contributed by atoms with E-state index >= 15 is 0 Å². The molecule has 6 aromatic heterocycles. The molecule has 0 unspecified atom stereocenters. The van der Waals surface area contributed by atoms with Crippen molar-refractivity contribution in [1.82, 2.24) is 19.9 Å². The topological polar surface area (TPSA) is 60.8 Å². The standard InChI is InChI=1S/C32H18N4OS2/c1-3-25(19-7-9-27-23(15-19)21-11-13-33-17-29(21)38-27)35-31(5-1)37-32-6-2-4-26(36-32)20-8-10-28-24(16-20)22-12-14-34-18-30(22)39-28/h1-18H. The number of nitrogens with zero attached hydrogens (tertiary/aromatic N) is 4. The molecule has 8 rings (SSSR count). The number of aromatic nitrogens is 4. The smallest absolute Gasteiger partial charge is 0.221 e. The second-order valence-electron chi connectivity index (χ2n) is 9.19. The molecule has 2 aromatic carbocycles. The molecule has 0 bridgehead atoms. The predicted octanol–water partition coefficient (Wildman–Crippen LogP) is 9.13. The Labute approximate surface area is 231 Å². The fourth-order valence-electron chi connectivity index (χ4n) is 4.95. The SMILES string of the molecule is c1cc(Oc2cccc(-c3ccc4sc5cnccc5c4c3)n2)nc(-c2ccc3sc4cnccc4c3c2)c1. The fourth-order valence-corrected chi connectivity index (χ4v) is 7.06. The van der Waals surface area contributed by atoms with Gasteiger partial charge in [-0.2, -0.15) is 0 Å². The maximum Gasteiger partial charge on any atom is 0.221 e. The zero-order valence-corrected chi connectivity index (χ0v) is 22.0. The van der Waals surface area contributed by atoms with Crippen LogP contribution in [0.2, 0.25) is 0 Å². The average molecular weight is 539 g/mol. The van der Waals surface area contributed by atoms with E-state index in [-0.39, 0.29) is 0 Å². The molecule has 0 aliphatic heterocycles. The van der Waals surface area contributed by atoms with E-state index in [2.05, 4.69) is 58.5 Å². The molecule has 0 saturated carbocycles. The van der Waals surface area contributed by atoms with E-state index in [1.165, 1.54) is 40.3 Å². The van der Waals surface area contributed by atoms with Crippen LogP contribution in [0, 0.1) is 0 Å². The summed E-state index contributed by atoms with van der Waals surface area (Å²) in [5.74, 6) is 1.01. The van der Waals surface area contributed by atoms with Crippen LogP contribution < -0.4 is 4.74 Å². The molecule has 0 radical (unpaired) electrons. The average Bonchev–Trinajstić information content (AvgIpc) is 3.55. The van der Waals surface area contributed by atoms with E-state index in [1.54, 1.807) is 22.7 Å². The molecule has 7 heteroatoms. The molecule has 0 amide bonds. The van der Waals surface area contributed by atoms with Gasteiger partial charge in [0.25, 0.3) is 0 Å². The molecular formula is C32H18N4OS2. The molecule has 0 aliphatic carbocycles. The number of hydrogen-bond acceptors (Lipinski definition) is 7. The Balaban J connectivity index is 1.12. The molecule has 0 atom stereocenters. The van der Waals surface area contributed by atoms with Gasteiger partial charge < -0.3 is 4.74 Å². The van der Waals surface area contributed by atoms with Gasteiger partial charge in [0.1, 0.15) is 0 Å². The first-order valence-electron chi connectivity index (χ1n) is 12.4. The van der Waals surface area contributed by atoms with Crippen LogP contribution in [0.25, 0.3) is 62.9 Å². The highest BCUT2D eigenvalue weighted by Crippen LogP contribution is 2.37. The summed E-state index contributed by atoms with van der Waals surface area (Å²) in [7, 11) is 0. The Kier molecular flexibility index (Phi) is 5.11. The van der Waals surface area contributed by atoms with Crippen LogP contribution in [0.1, 0.15) is 0 Å². The van der Waals surface area contributed by atoms with E-state index in [0.717, 1.165) is 22.5 Å². The minimum Gasteiger partial charge on any atom is -0.421 e. The van der Waals surface area contributed by atoms with E-state index in [4.69, 9.17) is 14.7 Å². The van der Waals surface area contributed by atoms with Crippen LogP contribution in [0.5, 0.6) is 11.8 Å². The molecule has 0 N–H and O–H groups in total. The van der Waals surface area contributed by atoms with Crippen LogP contribution in [0.4, 0.5) is 0 Å². The Morgan fingerprint density at radius 1 is 0.487 bits per heavy atom. The second-order valence-corrected chi connectivity index (χ2v) is 11.4. The lowest BCUT2D eigenvalue weighted by molar-refractivity contribution is 0.446. The fraction of sp³-hybridized carbons (Fsp3) is 0. The molecule has 39 heavy (non-hydrogen) atoms. The normalized spacial score (nSPS) is 11.6. The number of benzene rings is 2. The van der Waals surface area contributed by atoms with Crippen LogP contribution in [-0.2, 0) is 0 Å². The van der Waals surface area contributed by atoms with E-state index in [0.29, 0.717) is 11.8 Å². The Bertz CT molecular complexity index is 2030. The van der Waals surface area contributed by atoms with E-state index in [9.17, 15) is 0 Å². The highest BCUT2D eigenvalue weighted by molar-refractivity contribution is 7.26. The summed E-state index contributed by atoms with van der Waals surface area (Å²) in [6.45, 7) is 0. The number of pyridine rings is 4. The van der Waals surface area contributed by atoms with Crippen LogP contribution in [0.15, 0.2) is 110 Å². The summed E-state index contributed by atoms with van der Waals surface area (Å²) in [6.07, 6.45) is 7.53. The molecule has 8 aromatic rings. The third-order valence-electron chi connectivity index (χ3n) is 6.80. The van der Waals surface area contributed by atoms with E-state index < -0.39 is 0 Å². The van der Waals surface area contributed by atoms with Gasteiger partial charge >= 0.3 is 0 Å². The maximum absolute atomic E-state index is 6.15. The Hall–Kier alpha value is -4.72. The van der Waals surface area contributed by atoms with Crippen LogP contribution in [-0.4, -0.2) is 19.9 Å². The van der Waals surface area contributed by atoms with Crippen molar-refractivity contribution in [1.29, 1.82) is 0 Å². The summed E-state index contributed by atoms with van der Waals surface area (Å²) in [4.78, 5) is 18.1. The van der Waals surface area contributed by atoms with Crippen molar-refractivity contribution in [3.8, 4) is 34.3 Å². The van der Waals surface area contributed by atoms with Crippen molar-refractivity contribution in [2.45, 2.75) is 0 Å². The van der Waals surface area contributed by atoms with Gasteiger partial charge in [-0.3, -0.25) is 9.97 Å². The molecular weight excluding hydrogens is 521 g/mol. The summed E-state index contributed by atoms with van der Waals surface area (Å²) < 4.78 is 11.0. The summed E-state index contributed by atoms with van der Waals surface area (Å²) in [5.41, 5.74) is 3.78. The number of fused-ring (bicyclic) bond motifs is 6. The van der Waals surface area contributed by atoms with Gasteiger partial charge in [0.15, 0.2) is 0 Å². The highest BCUT2D eigenvalue weighted by Gasteiger charge is 2.11. The molecule has 0 aliphatic rings. The van der Waals surface area contributed by atoms with Gasteiger partial charge in [-0.25, -0.2) is 9.97 Å². The second kappa shape index (κ2) is 8.94. The van der Waals surface area contributed by atoms with Crippen molar-refractivity contribution < 1.29 is 4.74 Å². The van der Waals surface area contributed by atoms with Gasteiger partial charge in [-0.1, -0.05) is 24.3 Å². The highest BCUT2D eigenvalue weighted by atomic mass is 32.1. The third-order valence-corrected chi connectivity index (χ3v) is 9.04. The lowest BCUT2D eigenvalue weighted by Gasteiger charge is -2.08. The third kappa shape index (κ3) is 3.91. The number of ether oxygens (including phenoxy) is 1. The monoisotopic (exact) mass is 538 g/mol. The molecule has 0 fully saturated rings. The molecule has 6 heterocycles. The zero-order valence-electron chi connectivity index (χ0n) is 20.4. The number of hydrogen-bond donors (Lipinski definition) is 0. The minimum atomic E-state index is 0.503. The number of thiophene rings is 2. The van der Waals surface area contributed by atoms with Gasteiger partial charge in [0.2, 0.25) is 11.8 Å². The van der Waals surface area contributed by atoms with Gasteiger partial charge in [0.05, 0.1) is 20.8 Å². The van der Waals surface area contributed by atoms with Gasteiger partial charge in [-0.05, 0) is 48.5 Å². The summed E-state index contributed by atoms with van der Waals surface area (Å²) in [5, 5.41) is 4.85. The lowest BCUT2D eigenvalue weighted by atomic mass is 10.1. The van der Waals surface area contributed by atoms with Crippen molar-refractivity contribution in [3.63, 3.8) is 0 Å². The quantitative estimate of drug-likeness (QED) is 0.224. The molecule has 184 valence electrons. The van der Waals surface area contributed by atoms with Crippen LogP contribution in [0.3, 0.4) is 0 Å². The largest absolute Gasteiger partial charge is 0.421 e. The zero-order chi connectivity index (χ0) is 25.8. The van der Waals surface area contributed by atoms with Crippen LogP contribution >= 0.6 is 22.7 Å². The first kappa shape index (κ1) is 22.3. The van der Waals surface area contributed by atoms with Gasteiger partial charge in [0, 0.05) is 79.0 Å². The number of rotatable bonds is 4. The Morgan fingerprint density at radius 2 is 1.00 bits per heavy atom. The first-order valence-corrected chi connectivity index (χ1v) is 14.1. The lowest BCUT2D eigenvalue weighted by Crippen LogP contribution is -1.93. The molecule has 0 spiro atoms. The summed E-state index contributed by atoms with van der Waals surface area (Å²) in [6, 6.07) is 28.7. The first-order chi connectivity index (χ1) is 19.3. The molecule has 0 saturated heterocycles. The molecule has 5 nitrogen and oxygen atoms in total. The predicted molar refractivity (Wildman–Crippen MR) is 161 cm³/mol. The maximum atomic E-state index is 6.15. The van der Waals surface area contributed by atoms with Crippen molar-refractivity contribution in [2.75, 3.05) is 0 Å². The van der Waals surface area contributed by atoms with Gasteiger partial charge in [-0.15, -0.1) is 22.7 Å². The van der Waals surface area contributed by atoms with Crippen molar-refractivity contribution in [3.05, 3.63) is 110 Å². The Morgan fingerprint density at radius 3 is 1.51 bits per heavy atom. The van der Waals surface area contributed by atoms with Crippen molar-refractivity contribution in [2.24, 2.45) is 0 Å². The van der Waals surface area contributed by atoms with E-state index in [1.807, 2.05) is 61.2 Å².